The number of aryl methyl sites for hydroxylation is 2. The molecule has 4 nitrogen and oxygen atoms in total. The van der Waals surface area contributed by atoms with Crippen molar-refractivity contribution >= 4 is 27.0 Å². The molecule has 0 spiro atoms. The van der Waals surface area contributed by atoms with E-state index < -0.39 is 0 Å². The molecule has 1 aromatic carbocycles. The van der Waals surface area contributed by atoms with Gasteiger partial charge in [-0.15, -0.1) is 0 Å². The zero-order chi connectivity index (χ0) is 12.0. The van der Waals surface area contributed by atoms with Crippen LogP contribution in [0.3, 0.4) is 0 Å². The molecule has 0 radical (unpaired) electrons. The largest absolute Gasteiger partial charge is 0.338 e. The number of fused-ring (bicyclic) bond motifs is 1. The van der Waals surface area contributed by atoms with E-state index in [4.69, 9.17) is 0 Å². The Bertz CT molecular complexity index is 696. The van der Waals surface area contributed by atoms with E-state index in [2.05, 4.69) is 31.0 Å². The number of rotatable bonds is 1. The van der Waals surface area contributed by atoms with Crippen LogP contribution in [0.4, 0.5) is 0 Å². The topological polar surface area (TPSA) is 46.5 Å². The number of hydrogen-bond donors (Lipinski definition) is 1. The smallest absolute Gasteiger partial charge is 0.141 e. The van der Waals surface area contributed by atoms with Crippen molar-refractivity contribution in [1.29, 1.82) is 0 Å². The Morgan fingerprint density at radius 2 is 2.18 bits per heavy atom. The summed E-state index contributed by atoms with van der Waals surface area (Å²) in [4.78, 5) is 7.88. The van der Waals surface area contributed by atoms with Crippen molar-refractivity contribution in [3.63, 3.8) is 0 Å². The van der Waals surface area contributed by atoms with Gasteiger partial charge in [-0.25, -0.2) is 4.98 Å². The number of aromatic nitrogens is 4. The van der Waals surface area contributed by atoms with Gasteiger partial charge in [0, 0.05) is 17.7 Å². The molecule has 0 aliphatic heterocycles. The highest BCUT2D eigenvalue weighted by Gasteiger charge is 2.10. The maximum atomic E-state index is 4.57. The van der Waals surface area contributed by atoms with Gasteiger partial charge in [0.25, 0.3) is 0 Å². The number of H-pyrrole nitrogens is 1. The number of hydrogen-bond acceptors (Lipinski definition) is 2. The lowest BCUT2D eigenvalue weighted by atomic mass is 10.2. The fourth-order valence-electron chi connectivity index (χ4n) is 1.94. The van der Waals surface area contributed by atoms with Crippen molar-refractivity contribution in [3.8, 4) is 11.4 Å². The Hall–Kier alpha value is -1.62. The summed E-state index contributed by atoms with van der Waals surface area (Å²) in [5.41, 5.74) is 4.01. The highest BCUT2D eigenvalue weighted by atomic mass is 79.9. The van der Waals surface area contributed by atoms with Gasteiger partial charge in [-0.2, -0.15) is 5.10 Å². The van der Waals surface area contributed by atoms with Gasteiger partial charge in [0.05, 0.1) is 22.3 Å². The van der Waals surface area contributed by atoms with E-state index in [-0.39, 0.29) is 0 Å². The van der Waals surface area contributed by atoms with Crippen LogP contribution in [0.25, 0.3) is 22.4 Å². The van der Waals surface area contributed by atoms with Crippen molar-refractivity contribution in [2.24, 2.45) is 7.05 Å². The normalized spacial score (nSPS) is 11.2. The van der Waals surface area contributed by atoms with E-state index in [1.54, 1.807) is 4.68 Å². The molecule has 0 aliphatic carbocycles. The molecule has 0 unspecified atom stereocenters. The van der Waals surface area contributed by atoms with Crippen LogP contribution in [-0.2, 0) is 7.05 Å². The first-order valence-electron chi connectivity index (χ1n) is 5.29. The highest BCUT2D eigenvalue weighted by Crippen LogP contribution is 2.24. The van der Waals surface area contributed by atoms with Gasteiger partial charge in [-0.3, -0.25) is 4.68 Å². The third kappa shape index (κ3) is 1.76. The molecular weight excluding hydrogens is 280 g/mol. The van der Waals surface area contributed by atoms with Gasteiger partial charge in [0.15, 0.2) is 0 Å². The minimum atomic E-state index is 0.865. The van der Waals surface area contributed by atoms with Gasteiger partial charge in [0.1, 0.15) is 5.82 Å². The van der Waals surface area contributed by atoms with Crippen molar-refractivity contribution < 1.29 is 0 Å². The molecule has 17 heavy (non-hydrogen) atoms. The molecule has 2 heterocycles. The Labute approximate surface area is 107 Å². The molecule has 3 aromatic rings. The molecule has 0 fully saturated rings. The Kier molecular flexibility index (Phi) is 2.29. The zero-order valence-corrected chi connectivity index (χ0v) is 11.1. The number of aromatic amines is 1. The fraction of sp³-hybridized carbons (Fsp3) is 0.167. The summed E-state index contributed by atoms with van der Waals surface area (Å²) in [6, 6.07) is 6.01. The molecular formula is C12H11BrN4. The van der Waals surface area contributed by atoms with Crippen LogP contribution in [0, 0.1) is 6.92 Å². The van der Waals surface area contributed by atoms with Gasteiger partial charge in [-0.05, 0) is 25.1 Å². The van der Waals surface area contributed by atoms with E-state index in [0.29, 0.717) is 0 Å². The Balaban J connectivity index is 2.21. The standard InChI is InChI=1S/C12H11BrN4/c1-7-9(6-17(2)16-7)12-14-10-4-3-8(13)5-11(10)15-12/h3-6H,1-2H3,(H,14,15). The van der Waals surface area contributed by atoms with Crippen LogP contribution in [0.2, 0.25) is 0 Å². The quantitative estimate of drug-likeness (QED) is 0.749. The van der Waals surface area contributed by atoms with Crippen LogP contribution in [-0.4, -0.2) is 19.7 Å². The first-order valence-corrected chi connectivity index (χ1v) is 6.08. The van der Waals surface area contributed by atoms with E-state index in [9.17, 15) is 0 Å². The average molecular weight is 291 g/mol. The molecule has 0 aliphatic rings. The number of nitrogens with zero attached hydrogens (tertiary/aromatic N) is 3. The van der Waals surface area contributed by atoms with Gasteiger partial charge >= 0.3 is 0 Å². The lowest BCUT2D eigenvalue weighted by molar-refractivity contribution is 0.756. The van der Waals surface area contributed by atoms with E-state index in [1.165, 1.54) is 0 Å². The molecule has 3 rings (SSSR count). The van der Waals surface area contributed by atoms with Crippen LogP contribution < -0.4 is 0 Å². The van der Waals surface area contributed by atoms with E-state index >= 15 is 0 Å². The second-order valence-corrected chi connectivity index (χ2v) is 4.96. The summed E-state index contributed by atoms with van der Waals surface area (Å²) < 4.78 is 2.84. The van der Waals surface area contributed by atoms with Gasteiger partial charge in [0.2, 0.25) is 0 Å². The molecule has 0 saturated carbocycles. The number of imidazole rings is 1. The molecule has 0 saturated heterocycles. The summed E-state index contributed by atoms with van der Waals surface area (Å²) >= 11 is 3.45. The molecule has 1 N–H and O–H groups in total. The molecule has 2 aromatic heterocycles. The van der Waals surface area contributed by atoms with Crippen LogP contribution in [0.15, 0.2) is 28.9 Å². The third-order valence-electron chi connectivity index (χ3n) is 2.71. The average Bonchev–Trinajstić information content (AvgIpc) is 2.80. The van der Waals surface area contributed by atoms with Crippen LogP contribution in [0.5, 0.6) is 0 Å². The molecule has 5 heteroatoms. The maximum absolute atomic E-state index is 4.57. The first kappa shape index (κ1) is 10.5. The summed E-state index contributed by atoms with van der Waals surface area (Å²) in [6.07, 6.45) is 1.97. The SMILES string of the molecule is Cc1nn(C)cc1-c1nc2ccc(Br)cc2[nH]1. The first-order chi connectivity index (χ1) is 8.13. The fourth-order valence-corrected chi connectivity index (χ4v) is 2.30. The summed E-state index contributed by atoms with van der Waals surface area (Å²) in [7, 11) is 1.91. The Morgan fingerprint density at radius 3 is 2.88 bits per heavy atom. The summed E-state index contributed by atoms with van der Waals surface area (Å²) in [5.74, 6) is 0.865. The summed E-state index contributed by atoms with van der Waals surface area (Å²) in [6.45, 7) is 1.98. The molecule has 0 amide bonds. The second-order valence-electron chi connectivity index (χ2n) is 4.05. The lowest BCUT2D eigenvalue weighted by Gasteiger charge is -1.90. The maximum Gasteiger partial charge on any atom is 0.141 e. The Morgan fingerprint density at radius 1 is 1.35 bits per heavy atom. The van der Waals surface area contributed by atoms with Crippen molar-refractivity contribution in [2.45, 2.75) is 6.92 Å². The predicted molar refractivity (Wildman–Crippen MR) is 70.7 cm³/mol. The van der Waals surface area contributed by atoms with Crippen molar-refractivity contribution in [3.05, 3.63) is 34.6 Å². The lowest BCUT2D eigenvalue weighted by Crippen LogP contribution is -1.86. The van der Waals surface area contributed by atoms with E-state index in [1.807, 2.05) is 38.4 Å². The monoisotopic (exact) mass is 290 g/mol. The minimum Gasteiger partial charge on any atom is -0.338 e. The molecule has 86 valence electrons. The van der Waals surface area contributed by atoms with Gasteiger partial charge in [-0.1, -0.05) is 15.9 Å². The minimum absolute atomic E-state index is 0.865. The number of nitrogens with one attached hydrogen (secondary N) is 1. The third-order valence-corrected chi connectivity index (χ3v) is 3.21. The molecule has 0 bridgehead atoms. The summed E-state index contributed by atoms with van der Waals surface area (Å²) in [5, 5.41) is 4.32. The predicted octanol–water partition coefficient (Wildman–Crippen LogP) is 3.03. The van der Waals surface area contributed by atoms with E-state index in [0.717, 1.165) is 32.6 Å². The van der Waals surface area contributed by atoms with Crippen molar-refractivity contribution in [2.75, 3.05) is 0 Å². The van der Waals surface area contributed by atoms with Gasteiger partial charge < -0.3 is 4.98 Å². The van der Waals surface area contributed by atoms with Crippen LogP contribution in [0.1, 0.15) is 5.69 Å². The van der Waals surface area contributed by atoms with Crippen LogP contribution >= 0.6 is 15.9 Å². The highest BCUT2D eigenvalue weighted by molar-refractivity contribution is 9.10. The zero-order valence-electron chi connectivity index (χ0n) is 9.53. The van der Waals surface area contributed by atoms with Crippen molar-refractivity contribution in [1.82, 2.24) is 19.7 Å². The number of benzene rings is 1. The second kappa shape index (κ2) is 3.70. The number of halogens is 1. The molecule has 0 atom stereocenters.